The molecule has 2 N–H and O–H groups in total. The Balaban J connectivity index is 2.39. The summed E-state index contributed by atoms with van der Waals surface area (Å²) < 4.78 is 0. The maximum Gasteiger partial charge on any atom is 0.240 e. The summed E-state index contributed by atoms with van der Waals surface area (Å²) in [6.45, 7) is 8.45. The Morgan fingerprint density at radius 1 is 1.45 bits per heavy atom. The van der Waals surface area contributed by atoms with E-state index in [1.165, 1.54) is 12.1 Å². The number of nitrogens with two attached hydrogens (primary N) is 1. The van der Waals surface area contributed by atoms with Gasteiger partial charge in [-0.25, -0.2) is 0 Å². The van der Waals surface area contributed by atoms with E-state index in [4.69, 9.17) is 5.73 Å². The molecule has 0 aromatic carbocycles. The predicted molar refractivity (Wildman–Crippen MR) is 84.2 cm³/mol. The van der Waals surface area contributed by atoms with Crippen LogP contribution in [0.3, 0.4) is 0 Å². The summed E-state index contributed by atoms with van der Waals surface area (Å²) >= 11 is 0. The Morgan fingerprint density at radius 2 is 2.15 bits per heavy atom. The molecule has 0 spiro atoms. The molecular formula is C16H31N3O. The predicted octanol–water partition coefficient (Wildman–Crippen LogP) is 2.21. The fraction of sp³-hybridized carbons (Fsp3) is 0.812. The van der Waals surface area contributed by atoms with E-state index in [0.29, 0.717) is 12.5 Å². The van der Waals surface area contributed by atoms with E-state index in [-0.39, 0.29) is 11.9 Å². The maximum atomic E-state index is 12.4. The molecule has 1 rings (SSSR count). The van der Waals surface area contributed by atoms with Crippen molar-refractivity contribution in [3.63, 3.8) is 0 Å². The van der Waals surface area contributed by atoms with Gasteiger partial charge in [-0.1, -0.05) is 19.9 Å². The summed E-state index contributed by atoms with van der Waals surface area (Å²) in [5, 5.41) is 0. The van der Waals surface area contributed by atoms with Gasteiger partial charge in [-0.05, 0) is 52.1 Å². The molecule has 20 heavy (non-hydrogen) atoms. The molecule has 4 heteroatoms. The van der Waals surface area contributed by atoms with Crippen LogP contribution in [0.1, 0.15) is 46.5 Å². The largest absolute Gasteiger partial charge is 0.327 e. The molecule has 0 heterocycles. The molecule has 4 nitrogen and oxygen atoms in total. The van der Waals surface area contributed by atoms with Crippen molar-refractivity contribution >= 4 is 5.91 Å². The lowest BCUT2D eigenvalue weighted by atomic mass is 10.0. The second-order valence-corrected chi connectivity index (χ2v) is 6.16. The second-order valence-electron chi connectivity index (χ2n) is 6.16. The minimum absolute atomic E-state index is 0.210. The Labute approximate surface area is 124 Å². The SMILES string of the molecule is CCN(C(=O)CN(C)CCC(N)C(C)C)C1=CCCC1. The van der Waals surface area contributed by atoms with E-state index in [1.54, 1.807) is 0 Å². The van der Waals surface area contributed by atoms with Gasteiger partial charge < -0.3 is 10.6 Å². The second kappa shape index (κ2) is 8.42. The van der Waals surface area contributed by atoms with Crippen molar-refractivity contribution in [2.24, 2.45) is 11.7 Å². The van der Waals surface area contributed by atoms with Gasteiger partial charge in [0, 0.05) is 18.3 Å². The lowest BCUT2D eigenvalue weighted by molar-refractivity contribution is -0.130. The smallest absolute Gasteiger partial charge is 0.240 e. The highest BCUT2D eigenvalue weighted by Crippen LogP contribution is 2.21. The highest BCUT2D eigenvalue weighted by Gasteiger charge is 2.20. The van der Waals surface area contributed by atoms with Crippen molar-refractivity contribution in [3.05, 3.63) is 11.8 Å². The zero-order valence-corrected chi connectivity index (χ0v) is 13.6. The average molecular weight is 281 g/mol. The number of rotatable bonds is 8. The van der Waals surface area contributed by atoms with Gasteiger partial charge >= 0.3 is 0 Å². The zero-order chi connectivity index (χ0) is 15.1. The fourth-order valence-electron chi connectivity index (χ4n) is 2.54. The van der Waals surface area contributed by atoms with Crippen LogP contribution in [-0.2, 0) is 4.79 Å². The van der Waals surface area contributed by atoms with Crippen molar-refractivity contribution in [2.75, 3.05) is 26.7 Å². The van der Waals surface area contributed by atoms with Crippen LogP contribution in [0.25, 0.3) is 0 Å². The van der Waals surface area contributed by atoms with E-state index in [9.17, 15) is 4.79 Å². The molecule has 0 saturated carbocycles. The van der Waals surface area contributed by atoms with Crippen molar-refractivity contribution in [2.45, 2.75) is 52.5 Å². The van der Waals surface area contributed by atoms with Crippen molar-refractivity contribution in [1.82, 2.24) is 9.80 Å². The number of nitrogens with zero attached hydrogens (tertiary/aromatic N) is 2. The molecule has 1 amide bonds. The van der Waals surface area contributed by atoms with Crippen LogP contribution in [0.2, 0.25) is 0 Å². The molecule has 0 aromatic heterocycles. The summed E-state index contributed by atoms with van der Waals surface area (Å²) in [5.74, 6) is 0.705. The van der Waals surface area contributed by atoms with E-state index in [1.807, 2.05) is 18.9 Å². The van der Waals surface area contributed by atoms with Gasteiger partial charge in [0.15, 0.2) is 0 Å². The van der Waals surface area contributed by atoms with Crippen LogP contribution in [-0.4, -0.2) is 48.4 Å². The molecular weight excluding hydrogens is 250 g/mol. The quantitative estimate of drug-likeness (QED) is 0.742. The van der Waals surface area contributed by atoms with Crippen LogP contribution in [0.15, 0.2) is 11.8 Å². The summed E-state index contributed by atoms with van der Waals surface area (Å²) in [5.41, 5.74) is 7.26. The Bertz CT molecular complexity index is 339. The number of carbonyl (C=O) groups excluding carboxylic acids is 1. The average Bonchev–Trinajstić information content (AvgIpc) is 2.90. The number of likely N-dealkylation sites (N-methyl/N-ethyl adjacent to an activating group) is 2. The third-order valence-electron chi connectivity index (χ3n) is 4.09. The van der Waals surface area contributed by atoms with Crippen LogP contribution < -0.4 is 5.73 Å². The molecule has 0 aromatic rings. The first-order valence-corrected chi connectivity index (χ1v) is 7.89. The van der Waals surface area contributed by atoms with Gasteiger partial charge in [0.05, 0.1) is 6.54 Å². The van der Waals surface area contributed by atoms with Gasteiger partial charge in [-0.3, -0.25) is 9.69 Å². The van der Waals surface area contributed by atoms with Crippen molar-refractivity contribution < 1.29 is 4.79 Å². The van der Waals surface area contributed by atoms with Crippen LogP contribution in [0.4, 0.5) is 0 Å². The third kappa shape index (κ3) is 5.25. The topological polar surface area (TPSA) is 49.6 Å². The first-order valence-electron chi connectivity index (χ1n) is 7.89. The molecule has 0 saturated heterocycles. The van der Waals surface area contributed by atoms with Gasteiger partial charge in [0.2, 0.25) is 5.91 Å². The monoisotopic (exact) mass is 281 g/mol. The summed E-state index contributed by atoms with van der Waals surface area (Å²) in [4.78, 5) is 16.4. The Kier molecular flexibility index (Phi) is 7.24. The van der Waals surface area contributed by atoms with Crippen LogP contribution >= 0.6 is 0 Å². The number of hydrogen-bond acceptors (Lipinski definition) is 3. The van der Waals surface area contributed by atoms with E-state index in [2.05, 4.69) is 24.8 Å². The number of carbonyl (C=O) groups is 1. The molecule has 1 atom stereocenters. The summed E-state index contributed by atoms with van der Waals surface area (Å²) in [6.07, 6.45) is 6.48. The van der Waals surface area contributed by atoms with E-state index >= 15 is 0 Å². The molecule has 0 fully saturated rings. The number of hydrogen-bond donors (Lipinski definition) is 1. The van der Waals surface area contributed by atoms with Crippen LogP contribution in [0.5, 0.6) is 0 Å². The molecule has 1 aliphatic rings. The van der Waals surface area contributed by atoms with Crippen molar-refractivity contribution in [1.29, 1.82) is 0 Å². The molecule has 116 valence electrons. The Hall–Kier alpha value is -0.870. The van der Waals surface area contributed by atoms with Gasteiger partial charge in [0.25, 0.3) is 0 Å². The van der Waals surface area contributed by atoms with Crippen molar-refractivity contribution in [3.8, 4) is 0 Å². The Morgan fingerprint density at radius 3 is 2.65 bits per heavy atom. The molecule has 0 bridgehead atoms. The van der Waals surface area contributed by atoms with E-state index < -0.39 is 0 Å². The summed E-state index contributed by atoms with van der Waals surface area (Å²) in [7, 11) is 2.00. The fourth-order valence-corrected chi connectivity index (χ4v) is 2.54. The molecule has 1 aliphatic carbocycles. The molecule has 0 aliphatic heterocycles. The minimum atomic E-state index is 0.210. The highest BCUT2D eigenvalue weighted by atomic mass is 16.2. The minimum Gasteiger partial charge on any atom is -0.327 e. The standard InChI is InChI=1S/C16H31N3O/c1-5-19(14-8-6-7-9-14)16(20)12-18(4)11-10-15(17)13(2)3/h8,13,15H,5-7,9-12,17H2,1-4H3. The van der Waals surface area contributed by atoms with Crippen LogP contribution in [0, 0.1) is 5.92 Å². The first-order chi connectivity index (χ1) is 9.45. The van der Waals surface area contributed by atoms with Gasteiger partial charge in [0.1, 0.15) is 0 Å². The summed E-state index contributed by atoms with van der Waals surface area (Å²) in [6, 6.07) is 0.215. The lowest BCUT2D eigenvalue weighted by Gasteiger charge is -2.26. The van der Waals surface area contributed by atoms with Gasteiger partial charge in [-0.2, -0.15) is 0 Å². The molecule has 1 unspecified atom stereocenters. The number of amides is 1. The van der Waals surface area contributed by atoms with E-state index in [0.717, 1.165) is 32.4 Å². The third-order valence-corrected chi connectivity index (χ3v) is 4.09. The maximum absolute atomic E-state index is 12.4. The van der Waals surface area contributed by atoms with Gasteiger partial charge in [-0.15, -0.1) is 0 Å². The normalized spacial score (nSPS) is 16.6. The zero-order valence-electron chi connectivity index (χ0n) is 13.6. The lowest BCUT2D eigenvalue weighted by Crippen LogP contribution is -2.40. The first kappa shape index (κ1) is 17.2. The number of allylic oxidation sites excluding steroid dienone is 2. The molecule has 0 radical (unpaired) electrons. The highest BCUT2D eigenvalue weighted by molar-refractivity contribution is 5.80.